The normalized spacial score (nSPS) is 27.2. The third kappa shape index (κ3) is 11.6. The molecule has 57 heavy (non-hydrogen) atoms. The van der Waals surface area contributed by atoms with Crippen molar-refractivity contribution in [2.75, 3.05) is 33.0 Å². The summed E-state index contributed by atoms with van der Waals surface area (Å²) >= 11 is 0. The van der Waals surface area contributed by atoms with E-state index in [1.165, 1.54) is 38.5 Å². The first-order valence-corrected chi connectivity index (χ1v) is 22.8. The first-order valence-electron chi connectivity index (χ1n) is 22.8. The third-order valence-corrected chi connectivity index (χ3v) is 12.7. The molecule has 1 aromatic carbocycles. The molecule has 10 heteroatoms. The highest BCUT2D eigenvalue weighted by atomic mass is 16.8. The van der Waals surface area contributed by atoms with Crippen LogP contribution >= 0.6 is 0 Å². The van der Waals surface area contributed by atoms with E-state index < -0.39 is 18.1 Å². The van der Waals surface area contributed by atoms with E-state index in [0.717, 1.165) is 87.5 Å². The molecule has 0 radical (unpaired) electrons. The number of aliphatic hydroxyl groups is 2. The minimum Gasteiger partial charge on any atom is -0.508 e. The van der Waals surface area contributed by atoms with Crippen LogP contribution in [0.15, 0.2) is 47.7 Å². The second kappa shape index (κ2) is 23.6. The lowest BCUT2D eigenvalue weighted by Crippen LogP contribution is -2.70. The molecular weight excluding hydrogens is 721 g/mol. The lowest BCUT2D eigenvalue weighted by Gasteiger charge is -2.60. The molecular formula is C47H74N2O8. The maximum atomic E-state index is 14.6. The average Bonchev–Trinajstić information content (AvgIpc) is 3.22. The summed E-state index contributed by atoms with van der Waals surface area (Å²) in [5.74, 6) is -0.647. The van der Waals surface area contributed by atoms with E-state index in [4.69, 9.17) is 24.2 Å². The van der Waals surface area contributed by atoms with E-state index in [1.807, 2.05) is 17.0 Å². The Hall–Kier alpha value is -2.92. The molecule has 0 aromatic heterocycles. The molecule has 2 aliphatic carbocycles. The zero-order valence-corrected chi connectivity index (χ0v) is 35.2. The van der Waals surface area contributed by atoms with Crippen LogP contribution in [-0.4, -0.2) is 82.9 Å². The van der Waals surface area contributed by atoms with Crippen molar-refractivity contribution in [3.05, 3.63) is 48.1 Å². The van der Waals surface area contributed by atoms with Crippen LogP contribution in [0.2, 0.25) is 0 Å². The molecule has 7 unspecified atom stereocenters. The number of hydrogen-bond acceptors (Lipinski definition) is 9. The van der Waals surface area contributed by atoms with Gasteiger partial charge in [0.15, 0.2) is 0 Å². The van der Waals surface area contributed by atoms with Gasteiger partial charge in [0, 0.05) is 50.5 Å². The van der Waals surface area contributed by atoms with Gasteiger partial charge in [-0.05, 0) is 87.0 Å². The van der Waals surface area contributed by atoms with Crippen molar-refractivity contribution in [3.63, 3.8) is 0 Å². The lowest BCUT2D eigenvalue weighted by atomic mass is 9.55. The van der Waals surface area contributed by atoms with Crippen LogP contribution in [-0.2, 0) is 19.1 Å². The summed E-state index contributed by atoms with van der Waals surface area (Å²) in [5, 5.41) is 35.6. The summed E-state index contributed by atoms with van der Waals surface area (Å²) in [5.41, 5.74) is 2.71. The number of aromatic hydroxyl groups is 1. The van der Waals surface area contributed by atoms with E-state index in [-0.39, 0.29) is 55.1 Å². The molecule has 2 heterocycles. The largest absolute Gasteiger partial charge is 0.508 e. The Kier molecular flexibility index (Phi) is 18.7. The Bertz CT molecular complexity index is 1440. The first kappa shape index (κ1) is 45.2. The van der Waals surface area contributed by atoms with Crippen LogP contribution in [0, 0.1) is 17.8 Å². The highest BCUT2D eigenvalue weighted by molar-refractivity contribution is 6.03. The minimum atomic E-state index is -1.27. The number of phenols is 1. The molecule has 7 atom stereocenters. The van der Waals surface area contributed by atoms with Gasteiger partial charge < -0.3 is 39.3 Å². The number of nitrogens with zero attached hydrogens (tertiary/aromatic N) is 2. The summed E-state index contributed by atoms with van der Waals surface area (Å²) in [4.78, 5) is 22.9. The predicted octanol–water partition coefficient (Wildman–Crippen LogP) is 9.71. The molecule has 4 aliphatic rings. The van der Waals surface area contributed by atoms with Crippen molar-refractivity contribution >= 4 is 11.6 Å². The fourth-order valence-corrected chi connectivity index (χ4v) is 10.0. The van der Waals surface area contributed by atoms with Gasteiger partial charge in [-0.15, -0.1) is 6.58 Å². The fourth-order valence-electron chi connectivity index (χ4n) is 10.0. The Balaban J connectivity index is 1.59. The van der Waals surface area contributed by atoms with Gasteiger partial charge in [-0.1, -0.05) is 95.4 Å². The minimum absolute atomic E-state index is 0.100. The smallest absolute Gasteiger partial charge is 0.239 e. The van der Waals surface area contributed by atoms with Gasteiger partial charge in [-0.3, -0.25) is 4.79 Å². The summed E-state index contributed by atoms with van der Waals surface area (Å²) in [7, 11) is 0. The van der Waals surface area contributed by atoms with Gasteiger partial charge in [0.05, 0.1) is 24.8 Å². The molecule has 1 aromatic rings. The Labute approximate surface area is 343 Å². The highest BCUT2D eigenvalue weighted by Crippen LogP contribution is 2.62. The predicted molar refractivity (Wildman–Crippen MR) is 225 cm³/mol. The number of hydrogen-bond donors (Lipinski definition) is 3. The summed E-state index contributed by atoms with van der Waals surface area (Å²) in [6.07, 6.45) is 23.5. The number of benzene rings is 1. The molecule has 0 spiro atoms. The van der Waals surface area contributed by atoms with Gasteiger partial charge in [0.25, 0.3) is 0 Å². The molecule has 2 fully saturated rings. The Morgan fingerprint density at radius 2 is 1.70 bits per heavy atom. The van der Waals surface area contributed by atoms with Crippen molar-refractivity contribution in [3.8, 4) is 11.5 Å². The summed E-state index contributed by atoms with van der Waals surface area (Å²) in [6, 6.07) is 4.84. The molecule has 2 aliphatic heterocycles. The number of fused-ring (bicyclic) bond motifs is 2. The number of carbonyl (C=O) groups excluding carboxylic acids is 1. The number of phenolic OH excluding ortho intramolecular Hbond substituents is 1. The fraction of sp³-hybridized carbons (Fsp3) is 0.745. The summed E-state index contributed by atoms with van der Waals surface area (Å²) in [6.45, 7) is 10.1. The quantitative estimate of drug-likeness (QED) is 0.0480. The zero-order valence-electron chi connectivity index (χ0n) is 35.2. The van der Waals surface area contributed by atoms with Gasteiger partial charge in [-0.25, -0.2) is 0 Å². The third-order valence-electron chi connectivity index (χ3n) is 12.7. The topological polar surface area (TPSA) is 130 Å². The van der Waals surface area contributed by atoms with E-state index in [9.17, 15) is 20.1 Å². The molecule has 5 rings (SSSR count). The standard InChI is InChI=1S/C47H74N2O8/c1-4-7-8-9-10-11-12-13-14-23-43(53)49(27-5-2)42-34-40(48-57-44-24-17-20-31-54-44)38-32-35(21-15-18-28-50)37(22-16-19-29-51)45-39-33-36(52)25-26-41(39)56-47(42,46(38)45)55-30-6-3/h6,25-26,32-33,35,37,42,44-46,50-52H,3-5,7-24,27-31,34H2,1-2H3. The van der Waals surface area contributed by atoms with E-state index >= 15 is 0 Å². The van der Waals surface area contributed by atoms with Crippen molar-refractivity contribution < 1.29 is 39.2 Å². The SMILES string of the molecule is C=CCOC12Oc3ccc(O)cc3C3C(CCCCO)C(CCCCO)C=C(C(=NOC4CCCCO4)CC1N(CCC)C(=O)CCCCCCCCCCC)C32. The van der Waals surface area contributed by atoms with Gasteiger partial charge in [0.2, 0.25) is 18.0 Å². The molecule has 0 bridgehead atoms. The Morgan fingerprint density at radius 1 is 0.965 bits per heavy atom. The monoisotopic (exact) mass is 795 g/mol. The van der Waals surface area contributed by atoms with Crippen LogP contribution in [0.4, 0.5) is 0 Å². The average molecular weight is 795 g/mol. The molecule has 10 nitrogen and oxygen atoms in total. The van der Waals surface area contributed by atoms with Crippen LogP contribution < -0.4 is 4.74 Å². The number of amides is 1. The molecule has 1 saturated carbocycles. The number of allylic oxidation sites excluding steroid dienone is 1. The van der Waals surface area contributed by atoms with Crippen molar-refractivity contribution in [2.24, 2.45) is 22.9 Å². The maximum Gasteiger partial charge on any atom is 0.239 e. The number of oxime groups is 1. The Morgan fingerprint density at radius 3 is 2.39 bits per heavy atom. The van der Waals surface area contributed by atoms with Crippen LogP contribution in [0.5, 0.6) is 11.5 Å². The number of carbonyl (C=O) groups is 1. The van der Waals surface area contributed by atoms with Gasteiger partial charge in [-0.2, -0.15) is 0 Å². The van der Waals surface area contributed by atoms with Gasteiger partial charge >= 0.3 is 0 Å². The molecule has 3 N–H and O–H groups in total. The maximum absolute atomic E-state index is 14.6. The zero-order chi connectivity index (χ0) is 40.5. The molecule has 1 saturated heterocycles. The summed E-state index contributed by atoms with van der Waals surface area (Å²) < 4.78 is 20.3. The van der Waals surface area contributed by atoms with Crippen LogP contribution in [0.1, 0.15) is 160 Å². The van der Waals surface area contributed by atoms with E-state index in [1.54, 1.807) is 12.1 Å². The first-order chi connectivity index (χ1) is 27.9. The van der Waals surface area contributed by atoms with Crippen LogP contribution in [0.3, 0.4) is 0 Å². The van der Waals surface area contributed by atoms with Crippen molar-refractivity contribution in [1.82, 2.24) is 4.90 Å². The van der Waals surface area contributed by atoms with E-state index in [2.05, 4.69) is 26.5 Å². The number of rotatable bonds is 26. The van der Waals surface area contributed by atoms with Gasteiger partial charge in [0.1, 0.15) is 17.5 Å². The van der Waals surface area contributed by atoms with E-state index in [0.29, 0.717) is 44.6 Å². The second-order valence-corrected chi connectivity index (χ2v) is 16.9. The van der Waals surface area contributed by atoms with Crippen LogP contribution in [0.25, 0.3) is 0 Å². The number of unbranched alkanes of at least 4 members (excludes halogenated alkanes) is 10. The molecule has 320 valence electrons. The number of aliphatic hydroxyl groups excluding tert-OH is 2. The highest BCUT2D eigenvalue weighted by Gasteiger charge is 2.65. The lowest BCUT2D eigenvalue weighted by molar-refractivity contribution is -0.257. The van der Waals surface area contributed by atoms with Crippen molar-refractivity contribution in [2.45, 2.75) is 173 Å². The number of ether oxygens (including phenoxy) is 3. The molecule has 1 amide bonds. The second-order valence-electron chi connectivity index (χ2n) is 16.9. The van der Waals surface area contributed by atoms with Crippen molar-refractivity contribution in [1.29, 1.82) is 0 Å².